The average Bonchev–Trinajstić information content (AvgIpc) is 2.73. The highest BCUT2D eigenvalue weighted by Gasteiger charge is 2.21. The van der Waals surface area contributed by atoms with Gasteiger partial charge < -0.3 is 10.4 Å². The molecule has 1 amide bonds. The normalized spacial score (nSPS) is 11.5. The quantitative estimate of drug-likeness (QED) is 0.529. The lowest BCUT2D eigenvalue weighted by molar-refractivity contribution is -0.139. The number of halogens is 1. The Bertz CT molecular complexity index is 1030. The predicted molar refractivity (Wildman–Crippen MR) is 113 cm³/mol. The number of carboxylic acid groups (broad SMARTS) is 1. The topological polar surface area (TPSA) is 83.5 Å². The third-order valence-corrected chi connectivity index (χ3v) is 4.88. The summed E-state index contributed by atoms with van der Waals surface area (Å²) in [6.45, 7) is 0. The van der Waals surface area contributed by atoms with Gasteiger partial charge in [-0.25, -0.2) is 4.79 Å². The minimum absolute atomic E-state index is 0.102. The summed E-state index contributed by atoms with van der Waals surface area (Å²) in [4.78, 5) is 36.4. The van der Waals surface area contributed by atoms with Gasteiger partial charge in [-0.3, -0.25) is 9.59 Å². The number of aliphatic carboxylic acids is 1. The summed E-state index contributed by atoms with van der Waals surface area (Å²) in [6.07, 6.45) is 0.106. The third kappa shape index (κ3) is 5.39. The standard InChI is InChI=1S/C23H18BrNO4/c24-19-8-4-7-18(14-19)22(27)25-20(23(28)29)13-15-9-11-17(12-10-15)21(26)16-5-2-1-3-6-16/h1-12,14,20H,13H2,(H,25,27)(H,28,29)/t20-/m0/s1. The summed E-state index contributed by atoms with van der Waals surface area (Å²) in [6, 6.07) is 21.3. The van der Waals surface area contributed by atoms with Gasteiger partial charge in [0.1, 0.15) is 6.04 Å². The molecule has 1 atom stereocenters. The van der Waals surface area contributed by atoms with Crippen LogP contribution in [0.15, 0.2) is 83.3 Å². The van der Waals surface area contributed by atoms with Crippen molar-refractivity contribution in [3.8, 4) is 0 Å². The second-order valence-corrected chi connectivity index (χ2v) is 7.39. The number of carboxylic acids is 1. The SMILES string of the molecule is O=C(N[C@@H](Cc1ccc(C(=O)c2ccccc2)cc1)C(=O)O)c1cccc(Br)c1. The Kier molecular flexibility index (Phi) is 6.57. The van der Waals surface area contributed by atoms with Gasteiger partial charge in [0.15, 0.2) is 5.78 Å². The second-order valence-electron chi connectivity index (χ2n) is 6.47. The lowest BCUT2D eigenvalue weighted by Crippen LogP contribution is -2.42. The Hall–Kier alpha value is -3.25. The van der Waals surface area contributed by atoms with Gasteiger partial charge in [0.05, 0.1) is 0 Å². The van der Waals surface area contributed by atoms with Crippen LogP contribution in [0.3, 0.4) is 0 Å². The molecular weight excluding hydrogens is 434 g/mol. The molecule has 0 saturated heterocycles. The molecule has 0 aromatic heterocycles. The van der Waals surface area contributed by atoms with E-state index in [1.54, 1.807) is 72.8 Å². The molecule has 3 rings (SSSR count). The van der Waals surface area contributed by atoms with Crippen LogP contribution in [0.4, 0.5) is 0 Å². The lowest BCUT2D eigenvalue weighted by Gasteiger charge is -2.15. The Balaban J connectivity index is 1.70. The van der Waals surface area contributed by atoms with Crippen LogP contribution < -0.4 is 5.32 Å². The molecule has 0 heterocycles. The molecule has 0 bridgehead atoms. The molecule has 5 nitrogen and oxygen atoms in total. The van der Waals surface area contributed by atoms with E-state index in [1.165, 1.54) is 0 Å². The first-order valence-corrected chi connectivity index (χ1v) is 9.71. The van der Waals surface area contributed by atoms with Gasteiger partial charge in [-0.15, -0.1) is 0 Å². The number of nitrogens with one attached hydrogen (secondary N) is 1. The van der Waals surface area contributed by atoms with E-state index in [2.05, 4.69) is 21.2 Å². The molecule has 0 aliphatic rings. The zero-order valence-corrected chi connectivity index (χ0v) is 16.9. The summed E-state index contributed by atoms with van der Waals surface area (Å²) in [7, 11) is 0. The summed E-state index contributed by atoms with van der Waals surface area (Å²) in [5, 5.41) is 12.0. The van der Waals surface area contributed by atoms with Crippen LogP contribution in [0.1, 0.15) is 31.8 Å². The zero-order valence-electron chi connectivity index (χ0n) is 15.3. The van der Waals surface area contributed by atoms with E-state index < -0.39 is 17.9 Å². The highest BCUT2D eigenvalue weighted by Crippen LogP contribution is 2.14. The third-order valence-electron chi connectivity index (χ3n) is 4.38. The molecule has 0 fully saturated rings. The van der Waals surface area contributed by atoms with Crippen molar-refractivity contribution in [1.82, 2.24) is 5.32 Å². The number of ketones is 1. The van der Waals surface area contributed by atoms with Crippen LogP contribution in [-0.4, -0.2) is 28.8 Å². The van der Waals surface area contributed by atoms with E-state index >= 15 is 0 Å². The van der Waals surface area contributed by atoms with E-state index in [9.17, 15) is 19.5 Å². The van der Waals surface area contributed by atoms with Crippen molar-refractivity contribution in [1.29, 1.82) is 0 Å². The van der Waals surface area contributed by atoms with E-state index in [0.29, 0.717) is 22.3 Å². The molecule has 0 spiro atoms. The largest absolute Gasteiger partial charge is 0.480 e. The molecule has 146 valence electrons. The Morgan fingerprint density at radius 2 is 1.45 bits per heavy atom. The molecule has 29 heavy (non-hydrogen) atoms. The molecule has 3 aromatic rings. The van der Waals surface area contributed by atoms with Gasteiger partial charge in [-0.05, 0) is 23.8 Å². The van der Waals surface area contributed by atoms with Gasteiger partial charge in [0.25, 0.3) is 5.91 Å². The fourth-order valence-corrected chi connectivity index (χ4v) is 3.25. The van der Waals surface area contributed by atoms with Gasteiger partial charge in [0, 0.05) is 27.6 Å². The number of carbonyl (C=O) groups excluding carboxylic acids is 2. The van der Waals surface area contributed by atoms with Crippen molar-refractivity contribution in [3.63, 3.8) is 0 Å². The van der Waals surface area contributed by atoms with Gasteiger partial charge in [0.2, 0.25) is 0 Å². The smallest absolute Gasteiger partial charge is 0.326 e. The highest BCUT2D eigenvalue weighted by molar-refractivity contribution is 9.10. The Labute approximate surface area is 176 Å². The first kappa shape index (κ1) is 20.5. The van der Waals surface area contributed by atoms with Crippen LogP contribution >= 0.6 is 15.9 Å². The second kappa shape index (κ2) is 9.30. The fraction of sp³-hybridized carbons (Fsp3) is 0.0870. The molecule has 6 heteroatoms. The van der Waals surface area contributed by atoms with Gasteiger partial charge >= 0.3 is 5.97 Å². The number of benzene rings is 3. The highest BCUT2D eigenvalue weighted by atomic mass is 79.9. The molecule has 0 saturated carbocycles. The van der Waals surface area contributed by atoms with E-state index in [4.69, 9.17) is 0 Å². The van der Waals surface area contributed by atoms with E-state index in [1.807, 2.05) is 6.07 Å². The van der Waals surface area contributed by atoms with Crippen molar-refractivity contribution in [3.05, 3.63) is 106 Å². The van der Waals surface area contributed by atoms with E-state index in [-0.39, 0.29) is 12.2 Å². The predicted octanol–water partition coefficient (Wildman–Crippen LogP) is 4.11. The van der Waals surface area contributed by atoms with Crippen molar-refractivity contribution in [2.24, 2.45) is 0 Å². The molecule has 0 aliphatic heterocycles. The lowest BCUT2D eigenvalue weighted by atomic mass is 9.99. The van der Waals surface area contributed by atoms with Crippen molar-refractivity contribution >= 4 is 33.6 Å². The van der Waals surface area contributed by atoms with Crippen molar-refractivity contribution in [2.75, 3.05) is 0 Å². The molecule has 0 radical (unpaired) electrons. The first-order valence-electron chi connectivity index (χ1n) is 8.92. The number of amides is 1. The summed E-state index contributed by atoms with van der Waals surface area (Å²) >= 11 is 3.29. The maximum absolute atomic E-state index is 12.5. The fourth-order valence-electron chi connectivity index (χ4n) is 2.86. The van der Waals surface area contributed by atoms with Crippen LogP contribution in [0.25, 0.3) is 0 Å². The number of carbonyl (C=O) groups is 3. The minimum atomic E-state index is -1.13. The number of hydrogen-bond donors (Lipinski definition) is 2. The molecule has 3 aromatic carbocycles. The zero-order chi connectivity index (χ0) is 20.8. The van der Waals surface area contributed by atoms with Gasteiger partial charge in [-0.2, -0.15) is 0 Å². The van der Waals surface area contributed by atoms with E-state index in [0.717, 1.165) is 4.47 Å². The van der Waals surface area contributed by atoms with Crippen molar-refractivity contribution in [2.45, 2.75) is 12.5 Å². The average molecular weight is 452 g/mol. The monoisotopic (exact) mass is 451 g/mol. The first-order chi connectivity index (χ1) is 13.9. The molecule has 0 aliphatic carbocycles. The summed E-state index contributed by atoms with van der Waals surface area (Å²) in [5.41, 5.74) is 2.18. The molecular formula is C23H18BrNO4. The summed E-state index contributed by atoms with van der Waals surface area (Å²) in [5.74, 6) is -1.69. The van der Waals surface area contributed by atoms with Crippen LogP contribution in [0, 0.1) is 0 Å². The Morgan fingerprint density at radius 3 is 2.07 bits per heavy atom. The molecule has 2 N–H and O–H groups in total. The van der Waals surface area contributed by atoms with Crippen molar-refractivity contribution < 1.29 is 19.5 Å². The molecule has 0 unspecified atom stereocenters. The minimum Gasteiger partial charge on any atom is -0.480 e. The maximum atomic E-state index is 12.5. The number of rotatable bonds is 7. The van der Waals surface area contributed by atoms with Crippen LogP contribution in [0.5, 0.6) is 0 Å². The number of hydrogen-bond acceptors (Lipinski definition) is 3. The van der Waals surface area contributed by atoms with Crippen LogP contribution in [0.2, 0.25) is 0 Å². The maximum Gasteiger partial charge on any atom is 0.326 e. The summed E-state index contributed by atoms with van der Waals surface area (Å²) < 4.78 is 0.732. The van der Waals surface area contributed by atoms with Crippen LogP contribution in [-0.2, 0) is 11.2 Å². The Morgan fingerprint density at radius 1 is 0.828 bits per heavy atom. The van der Waals surface area contributed by atoms with Gasteiger partial charge in [-0.1, -0.05) is 76.6 Å².